The van der Waals surface area contributed by atoms with Gasteiger partial charge in [0.2, 0.25) is 5.91 Å². The number of carbonyl (C=O) groups is 2. The van der Waals surface area contributed by atoms with Gasteiger partial charge in [-0.25, -0.2) is 18.6 Å². The molecule has 2 amide bonds. The van der Waals surface area contributed by atoms with Crippen LogP contribution in [0.1, 0.15) is 36.8 Å². The summed E-state index contributed by atoms with van der Waals surface area (Å²) in [6.07, 6.45) is 2.62. The van der Waals surface area contributed by atoms with Crippen molar-refractivity contribution in [3.05, 3.63) is 88.6 Å². The predicted octanol–water partition coefficient (Wildman–Crippen LogP) is 6.05. The molecule has 3 heterocycles. The monoisotopic (exact) mass is 582 g/mol. The van der Waals surface area contributed by atoms with Gasteiger partial charge in [-0.3, -0.25) is 4.79 Å². The van der Waals surface area contributed by atoms with Crippen LogP contribution in [0.5, 0.6) is 5.75 Å². The first kappa shape index (κ1) is 28.8. The molecule has 7 nitrogen and oxygen atoms in total. The van der Waals surface area contributed by atoms with E-state index in [-0.39, 0.29) is 28.5 Å². The first-order chi connectivity index (χ1) is 19.7. The maximum absolute atomic E-state index is 14.5. The first-order valence-corrected chi connectivity index (χ1v) is 14.3. The van der Waals surface area contributed by atoms with Gasteiger partial charge in [-0.2, -0.15) is 0 Å². The smallest absolute Gasteiger partial charge is 0.410 e. The Bertz CT molecular complexity index is 1380. The van der Waals surface area contributed by atoms with E-state index in [1.807, 2.05) is 32.2 Å². The van der Waals surface area contributed by atoms with Crippen molar-refractivity contribution in [2.24, 2.45) is 5.92 Å². The normalized spacial score (nSPS) is 19.3. The maximum Gasteiger partial charge on any atom is 0.415 e. The predicted molar refractivity (Wildman–Crippen MR) is 153 cm³/mol. The number of aryl methyl sites for hydroxylation is 1. The summed E-state index contributed by atoms with van der Waals surface area (Å²) in [5, 5.41) is 0.00845. The zero-order valence-electron chi connectivity index (χ0n) is 23.1. The van der Waals surface area contributed by atoms with Crippen molar-refractivity contribution in [1.82, 2.24) is 14.8 Å². The van der Waals surface area contributed by atoms with E-state index >= 15 is 0 Å². The number of carbonyl (C=O) groups excluding carboxylic acids is 2. The number of rotatable bonds is 6. The van der Waals surface area contributed by atoms with Gasteiger partial charge in [0.25, 0.3) is 0 Å². The van der Waals surface area contributed by atoms with Gasteiger partial charge in [-0.1, -0.05) is 23.7 Å². The summed E-state index contributed by atoms with van der Waals surface area (Å²) in [5.74, 6) is -0.334. The molecule has 10 heteroatoms. The molecule has 0 aliphatic carbocycles. The molecule has 2 atom stereocenters. The number of hydrogen-bond donors (Lipinski definition) is 0. The molecule has 2 aliphatic heterocycles. The summed E-state index contributed by atoms with van der Waals surface area (Å²) in [5.41, 5.74) is 1.75. The van der Waals surface area contributed by atoms with Gasteiger partial charge in [-0.05, 0) is 80.3 Å². The van der Waals surface area contributed by atoms with E-state index in [9.17, 15) is 18.4 Å². The first-order valence-electron chi connectivity index (χ1n) is 13.9. The number of benzene rings is 2. The van der Waals surface area contributed by atoms with Crippen LogP contribution in [0.3, 0.4) is 0 Å². The molecule has 3 aromatic rings. The van der Waals surface area contributed by atoms with Gasteiger partial charge in [0.15, 0.2) is 0 Å². The number of ether oxygens (including phenoxy) is 1. The highest BCUT2D eigenvalue weighted by atomic mass is 35.5. The van der Waals surface area contributed by atoms with Gasteiger partial charge in [0, 0.05) is 50.8 Å². The molecular formula is C31H33ClF2N4O3. The Morgan fingerprint density at radius 2 is 1.78 bits per heavy atom. The lowest BCUT2D eigenvalue weighted by molar-refractivity contribution is -0.135. The lowest BCUT2D eigenvalue weighted by atomic mass is 9.93. The molecule has 5 rings (SSSR count). The van der Waals surface area contributed by atoms with Gasteiger partial charge in [0.1, 0.15) is 23.2 Å². The molecule has 0 radical (unpaired) electrons. The van der Waals surface area contributed by atoms with Gasteiger partial charge in [0.05, 0.1) is 11.1 Å². The largest absolute Gasteiger partial charge is 0.415 e. The number of aromatic nitrogens is 1. The van der Waals surface area contributed by atoms with Crippen LogP contribution >= 0.6 is 11.6 Å². The number of piperidine rings is 1. The van der Waals surface area contributed by atoms with Gasteiger partial charge >= 0.3 is 6.09 Å². The van der Waals surface area contributed by atoms with Crippen LogP contribution < -0.4 is 9.64 Å². The topological polar surface area (TPSA) is 66.0 Å². The van der Waals surface area contributed by atoms with Gasteiger partial charge in [-0.15, -0.1) is 0 Å². The summed E-state index contributed by atoms with van der Waals surface area (Å²) in [6.45, 7) is 6.20. The number of likely N-dealkylation sites (tertiary alicyclic amines) is 1. The molecule has 0 unspecified atom stereocenters. The molecule has 2 aliphatic rings. The minimum Gasteiger partial charge on any atom is -0.410 e. The summed E-state index contributed by atoms with van der Waals surface area (Å²) in [7, 11) is 0. The molecule has 0 spiro atoms. The molecule has 41 heavy (non-hydrogen) atoms. The fourth-order valence-electron chi connectivity index (χ4n) is 5.77. The van der Waals surface area contributed by atoms with E-state index in [1.54, 1.807) is 15.9 Å². The van der Waals surface area contributed by atoms with E-state index in [2.05, 4.69) is 9.88 Å². The van der Waals surface area contributed by atoms with E-state index in [1.165, 1.54) is 36.4 Å². The Kier molecular flexibility index (Phi) is 8.73. The molecule has 216 valence electrons. The highest BCUT2D eigenvalue weighted by molar-refractivity contribution is 6.30. The van der Waals surface area contributed by atoms with Crippen molar-refractivity contribution in [2.45, 2.75) is 38.6 Å². The lowest BCUT2D eigenvalue weighted by Gasteiger charge is -2.34. The highest BCUT2D eigenvalue weighted by Crippen LogP contribution is 2.35. The van der Waals surface area contributed by atoms with Crippen LogP contribution in [0, 0.1) is 24.5 Å². The molecular weight excluding hydrogens is 550 g/mol. The highest BCUT2D eigenvalue weighted by Gasteiger charge is 2.43. The van der Waals surface area contributed by atoms with Crippen molar-refractivity contribution in [3.63, 3.8) is 0 Å². The quantitative estimate of drug-likeness (QED) is 0.354. The van der Waals surface area contributed by atoms with Crippen molar-refractivity contribution in [3.8, 4) is 5.75 Å². The fourth-order valence-corrected chi connectivity index (χ4v) is 5.89. The Morgan fingerprint density at radius 3 is 2.41 bits per heavy atom. The molecule has 0 bridgehead atoms. The average Bonchev–Trinajstić information content (AvgIpc) is 3.41. The zero-order valence-corrected chi connectivity index (χ0v) is 23.9. The number of amides is 2. The van der Waals surface area contributed by atoms with E-state index in [0.717, 1.165) is 24.5 Å². The van der Waals surface area contributed by atoms with Crippen LogP contribution in [0.25, 0.3) is 0 Å². The van der Waals surface area contributed by atoms with Crippen molar-refractivity contribution in [1.29, 1.82) is 0 Å². The minimum atomic E-state index is -0.614. The summed E-state index contributed by atoms with van der Waals surface area (Å²) < 4.78 is 33.4. The van der Waals surface area contributed by atoms with Crippen LogP contribution in [-0.4, -0.2) is 65.5 Å². The van der Waals surface area contributed by atoms with Crippen LogP contribution in [0.15, 0.2) is 60.8 Å². The summed E-state index contributed by atoms with van der Waals surface area (Å²) in [6, 6.07) is 13.4. The second kappa shape index (κ2) is 12.4. The fraction of sp³-hybridized carbons (Fsp3) is 0.387. The molecule has 2 aromatic carbocycles. The molecule has 2 saturated heterocycles. The summed E-state index contributed by atoms with van der Waals surface area (Å²) >= 11 is 5.95. The number of nitrogens with zero attached hydrogens (tertiary/aromatic N) is 4. The van der Waals surface area contributed by atoms with E-state index in [0.29, 0.717) is 38.0 Å². The Balaban J connectivity index is 1.33. The van der Waals surface area contributed by atoms with E-state index < -0.39 is 23.8 Å². The Hall–Kier alpha value is -3.72. The number of pyridine rings is 1. The van der Waals surface area contributed by atoms with Crippen molar-refractivity contribution < 1.29 is 23.1 Å². The van der Waals surface area contributed by atoms with Crippen LogP contribution in [-0.2, 0) is 4.79 Å². The lowest BCUT2D eigenvalue weighted by Crippen LogP contribution is -2.47. The van der Waals surface area contributed by atoms with Crippen LogP contribution in [0.2, 0.25) is 5.02 Å². The zero-order chi connectivity index (χ0) is 29.1. The number of halogens is 3. The maximum atomic E-state index is 14.5. The minimum absolute atomic E-state index is 0.00845. The Labute approximate surface area is 243 Å². The number of anilines is 1. The van der Waals surface area contributed by atoms with Gasteiger partial charge < -0.3 is 19.4 Å². The van der Waals surface area contributed by atoms with Crippen molar-refractivity contribution in [2.75, 3.05) is 37.6 Å². The second-order valence-electron chi connectivity index (χ2n) is 10.7. The van der Waals surface area contributed by atoms with Crippen LogP contribution in [0.4, 0.5) is 19.4 Å². The number of hydrogen-bond acceptors (Lipinski definition) is 5. The molecule has 0 saturated carbocycles. The summed E-state index contributed by atoms with van der Waals surface area (Å²) in [4.78, 5) is 37.1. The average molecular weight is 583 g/mol. The second-order valence-corrected chi connectivity index (χ2v) is 11.1. The molecule has 0 N–H and O–H groups in total. The molecule has 2 fully saturated rings. The number of likely N-dealkylation sites (N-methyl/N-ethyl adjacent to an activating group) is 1. The van der Waals surface area contributed by atoms with E-state index in [4.69, 9.17) is 16.3 Å². The third-order valence-corrected chi connectivity index (χ3v) is 8.34. The SMILES string of the molecule is CCN(C(=O)Oc1ccc(F)cc1)[C@@H]1CN(C(=O)C2CCN(c3ccc(C)cn3)CC2)C[C@H]1c1ccc(Cl)c(F)c1. The Morgan fingerprint density at radius 1 is 1.05 bits per heavy atom. The standard InChI is InChI=1S/C31H33ClF2N4O3/c1-3-38(31(40)41-24-8-6-23(33)7-9-24)28-19-37(18-25(28)22-5-10-26(32)27(34)16-22)30(39)21-12-14-36(15-13-21)29-11-4-20(2)17-35-29/h4-11,16-17,21,25,28H,3,12-15,18-19H2,1-2H3/t25-,28+/m0/s1. The van der Waals surface area contributed by atoms with Crippen molar-refractivity contribution >= 4 is 29.4 Å². The third-order valence-electron chi connectivity index (χ3n) is 8.03. The molecule has 1 aromatic heterocycles. The third kappa shape index (κ3) is 6.45.